The van der Waals surface area contributed by atoms with E-state index < -0.39 is 17.7 Å². The second kappa shape index (κ2) is 9.30. The summed E-state index contributed by atoms with van der Waals surface area (Å²) in [5.74, 6) is -1.66. The van der Waals surface area contributed by atoms with Crippen LogP contribution >= 0.6 is 0 Å². The first kappa shape index (κ1) is 21.2. The van der Waals surface area contributed by atoms with Gasteiger partial charge < -0.3 is 18.9 Å². The number of rotatable bonds is 9. The number of fused-ring (bicyclic) bond motifs is 1. The van der Waals surface area contributed by atoms with E-state index in [1.165, 1.54) is 27.4 Å². The Labute approximate surface area is 174 Å². The molecule has 0 unspecified atom stereocenters. The third-order valence-corrected chi connectivity index (χ3v) is 4.77. The minimum Gasteiger partial charge on any atom is -0.493 e. The number of ether oxygens (including phenoxy) is 4. The molecular formula is C22H23NO7. The summed E-state index contributed by atoms with van der Waals surface area (Å²) in [7, 11) is 4.19. The van der Waals surface area contributed by atoms with Gasteiger partial charge in [-0.25, -0.2) is 0 Å². The highest BCUT2D eigenvalue weighted by atomic mass is 16.5. The summed E-state index contributed by atoms with van der Waals surface area (Å²) in [6.45, 7) is -0.173. The first-order valence-electron chi connectivity index (χ1n) is 9.40. The Bertz CT molecular complexity index is 956. The first-order valence-corrected chi connectivity index (χ1v) is 9.40. The molecule has 0 radical (unpaired) electrons. The summed E-state index contributed by atoms with van der Waals surface area (Å²) in [5.41, 5.74) is 1.41. The smallest absolute Gasteiger partial charge is 0.326 e. The molecule has 1 aliphatic heterocycles. The van der Waals surface area contributed by atoms with E-state index in [1.54, 1.807) is 0 Å². The van der Waals surface area contributed by atoms with Crippen LogP contribution in [0.2, 0.25) is 0 Å². The molecule has 0 bridgehead atoms. The Balaban J connectivity index is 1.71. The lowest BCUT2D eigenvalue weighted by Crippen LogP contribution is -2.35. The van der Waals surface area contributed by atoms with Crippen LogP contribution in [-0.4, -0.2) is 52.1 Å². The molecule has 0 fully saturated rings. The van der Waals surface area contributed by atoms with Crippen molar-refractivity contribution in [1.29, 1.82) is 0 Å². The van der Waals surface area contributed by atoms with Gasteiger partial charge >= 0.3 is 5.97 Å². The van der Waals surface area contributed by atoms with E-state index >= 15 is 0 Å². The molecule has 1 amide bonds. The molecule has 0 saturated heterocycles. The van der Waals surface area contributed by atoms with E-state index in [4.69, 9.17) is 18.9 Å². The fourth-order valence-corrected chi connectivity index (χ4v) is 3.35. The van der Waals surface area contributed by atoms with Gasteiger partial charge in [-0.05, 0) is 18.4 Å². The third kappa shape index (κ3) is 4.07. The van der Waals surface area contributed by atoms with E-state index in [-0.39, 0.29) is 41.7 Å². The number of hydrogen-bond acceptors (Lipinski definition) is 7. The van der Waals surface area contributed by atoms with E-state index in [0.717, 1.165) is 16.9 Å². The summed E-state index contributed by atoms with van der Waals surface area (Å²) in [6.07, 6.45) is 1.42. The van der Waals surface area contributed by atoms with Crippen LogP contribution in [0.4, 0.5) is 5.69 Å². The predicted molar refractivity (Wildman–Crippen MR) is 109 cm³/mol. The summed E-state index contributed by atoms with van der Waals surface area (Å²) in [5, 5.41) is 0. The lowest BCUT2D eigenvalue weighted by molar-refractivity contribution is -0.142. The molecule has 0 aliphatic carbocycles. The Morgan fingerprint density at radius 2 is 1.67 bits per heavy atom. The number of anilines is 1. The number of esters is 1. The highest BCUT2D eigenvalue weighted by Crippen LogP contribution is 2.47. The van der Waals surface area contributed by atoms with Gasteiger partial charge in [0, 0.05) is 6.07 Å². The molecule has 8 nitrogen and oxygen atoms in total. The largest absolute Gasteiger partial charge is 0.493 e. The van der Waals surface area contributed by atoms with Crippen LogP contribution < -0.4 is 19.1 Å². The van der Waals surface area contributed by atoms with Crippen LogP contribution in [0, 0.1) is 0 Å². The fourth-order valence-electron chi connectivity index (χ4n) is 3.35. The summed E-state index contributed by atoms with van der Waals surface area (Å²) < 4.78 is 21.1. The van der Waals surface area contributed by atoms with Crippen LogP contribution in [-0.2, 0) is 20.7 Å². The molecule has 0 atom stereocenters. The van der Waals surface area contributed by atoms with E-state index in [9.17, 15) is 14.4 Å². The van der Waals surface area contributed by atoms with Gasteiger partial charge in [0.25, 0.3) is 11.7 Å². The number of aryl methyl sites for hydroxylation is 1. The minimum absolute atomic E-state index is 0.0389. The van der Waals surface area contributed by atoms with Crippen molar-refractivity contribution < 1.29 is 33.3 Å². The number of carbonyl (C=O) groups excluding carboxylic acids is 3. The van der Waals surface area contributed by atoms with Crippen molar-refractivity contribution >= 4 is 23.3 Å². The lowest BCUT2D eigenvalue weighted by atomic mass is 10.1. The van der Waals surface area contributed by atoms with Crippen LogP contribution in [0.25, 0.3) is 0 Å². The molecule has 2 aromatic rings. The quantitative estimate of drug-likeness (QED) is 0.354. The topological polar surface area (TPSA) is 91.4 Å². The normalized spacial score (nSPS) is 12.6. The van der Waals surface area contributed by atoms with Gasteiger partial charge in [-0.1, -0.05) is 30.3 Å². The summed E-state index contributed by atoms with van der Waals surface area (Å²) in [6, 6.07) is 11.3. The van der Waals surface area contributed by atoms with Crippen molar-refractivity contribution in [2.45, 2.75) is 12.8 Å². The lowest BCUT2D eigenvalue weighted by Gasteiger charge is -2.19. The molecule has 30 heavy (non-hydrogen) atoms. The number of ketones is 1. The molecule has 1 aliphatic rings. The highest BCUT2D eigenvalue weighted by molar-refractivity contribution is 6.53. The SMILES string of the molecule is COc1cc2c(c(OC)c1OC)C(=O)C(=O)N2CC(=O)OCCCc1ccccc1. The number of carbonyl (C=O) groups is 3. The van der Waals surface area contributed by atoms with Crippen molar-refractivity contribution in [3.05, 3.63) is 47.5 Å². The Morgan fingerprint density at radius 3 is 2.30 bits per heavy atom. The first-order chi connectivity index (χ1) is 14.5. The molecule has 0 spiro atoms. The number of Topliss-reactive ketones (excluding diaryl/α,β-unsaturated/α-hetero) is 1. The van der Waals surface area contributed by atoms with E-state index in [2.05, 4.69) is 0 Å². The Morgan fingerprint density at radius 1 is 0.967 bits per heavy atom. The molecule has 0 N–H and O–H groups in total. The van der Waals surface area contributed by atoms with Crippen molar-refractivity contribution in [2.75, 3.05) is 39.4 Å². The minimum atomic E-state index is -0.833. The average Bonchev–Trinajstić information content (AvgIpc) is 3.00. The number of methoxy groups -OCH3 is 3. The van der Waals surface area contributed by atoms with Crippen LogP contribution in [0.1, 0.15) is 22.3 Å². The fraction of sp³-hybridized carbons (Fsp3) is 0.318. The Kier molecular flexibility index (Phi) is 6.56. The van der Waals surface area contributed by atoms with Gasteiger partial charge in [-0.15, -0.1) is 0 Å². The number of amides is 1. The molecule has 8 heteroatoms. The molecule has 1 heterocycles. The van der Waals surface area contributed by atoms with Gasteiger partial charge in [0.1, 0.15) is 6.54 Å². The summed E-state index contributed by atoms with van der Waals surface area (Å²) in [4.78, 5) is 38.4. The highest BCUT2D eigenvalue weighted by Gasteiger charge is 2.42. The van der Waals surface area contributed by atoms with Gasteiger partial charge in [0.2, 0.25) is 5.75 Å². The van der Waals surface area contributed by atoms with E-state index in [1.807, 2.05) is 30.3 Å². The molecule has 2 aromatic carbocycles. The van der Waals surface area contributed by atoms with E-state index in [0.29, 0.717) is 6.42 Å². The molecule has 0 aromatic heterocycles. The van der Waals surface area contributed by atoms with Gasteiger partial charge in [-0.2, -0.15) is 0 Å². The Hall–Kier alpha value is -3.55. The third-order valence-electron chi connectivity index (χ3n) is 4.77. The zero-order chi connectivity index (χ0) is 21.7. The second-order valence-corrected chi connectivity index (χ2v) is 6.57. The van der Waals surface area contributed by atoms with Crippen molar-refractivity contribution in [3.63, 3.8) is 0 Å². The average molecular weight is 413 g/mol. The van der Waals surface area contributed by atoms with Gasteiger partial charge in [-0.3, -0.25) is 19.3 Å². The second-order valence-electron chi connectivity index (χ2n) is 6.57. The van der Waals surface area contributed by atoms with Gasteiger partial charge in [0.05, 0.1) is 39.2 Å². The standard InChI is InChI=1S/C22H23NO7/c1-27-16-12-15-18(21(29-3)20(16)28-2)19(25)22(26)23(15)13-17(24)30-11-7-10-14-8-5-4-6-9-14/h4-6,8-9,12H,7,10-11,13H2,1-3H3. The van der Waals surface area contributed by atoms with Crippen molar-refractivity contribution in [2.24, 2.45) is 0 Å². The monoisotopic (exact) mass is 413 g/mol. The molecule has 0 saturated carbocycles. The van der Waals surface area contributed by atoms with Gasteiger partial charge in [0.15, 0.2) is 11.5 Å². The predicted octanol–water partition coefficient (Wildman–Crippen LogP) is 2.42. The van der Waals surface area contributed by atoms with Crippen LogP contribution in [0.5, 0.6) is 17.2 Å². The molecule has 158 valence electrons. The number of nitrogens with zero attached hydrogens (tertiary/aromatic N) is 1. The molecular weight excluding hydrogens is 390 g/mol. The zero-order valence-electron chi connectivity index (χ0n) is 17.1. The molecule has 3 rings (SSSR count). The van der Waals surface area contributed by atoms with Crippen molar-refractivity contribution in [1.82, 2.24) is 0 Å². The number of hydrogen-bond donors (Lipinski definition) is 0. The summed E-state index contributed by atoms with van der Waals surface area (Å²) >= 11 is 0. The maximum absolute atomic E-state index is 12.5. The number of benzene rings is 2. The maximum atomic E-state index is 12.5. The maximum Gasteiger partial charge on any atom is 0.326 e. The zero-order valence-corrected chi connectivity index (χ0v) is 17.1. The van der Waals surface area contributed by atoms with Crippen LogP contribution in [0.3, 0.4) is 0 Å². The van der Waals surface area contributed by atoms with Crippen molar-refractivity contribution in [3.8, 4) is 17.2 Å². The van der Waals surface area contributed by atoms with Crippen LogP contribution in [0.15, 0.2) is 36.4 Å².